The van der Waals surface area contributed by atoms with E-state index in [0.29, 0.717) is 6.61 Å². The van der Waals surface area contributed by atoms with E-state index in [2.05, 4.69) is 24.5 Å². The van der Waals surface area contributed by atoms with Crippen molar-refractivity contribution in [2.45, 2.75) is 71.6 Å². The summed E-state index contributed by atoms with van der Waals surface area (Å²) in [5.41, 5.74) is 1.61. The molecule has 1 amide bonds. The number of unbranched alkanes of at least 4 members (excludes halogenated alkanes) is 7. The Hall–Kier alpha value is -2.69. The standard InChI is InChI=1S/C27H40N2O3/c1-3-5-7-9-11-19-32-26-17-13-15-24(21-26)29-27(30)22-28-23-14-12-16-25(20-23)31-18-10-8-6-4-2/h12-17,20-21,28H,3-11,18-19,22H2,1-2H3,(H,29,30). The summed E-state index contributed by atoms with van der Waals surface area (Å²) in [5, 5.41) is 6.09. The summed E-state index contributed by atoms with van der Waals surface area (Å²) in [7, 11) is 0. The first-order valence-electron chi connectivity index (χ1n) is 12.2. The van der Waals surface area contributed by atoms with Gasteiger partial charge in [-0.15, -0.1) is 0 Å². The van der Waals surface area contributed by atoms with E-state index in [1.54, 1.807) is 0 Å². The number of hydrogen-bond acceptors (Lipinski definition) is 4. The molecular weight excluding hydrogens is 400 g/mol. The average molecular weight is 441 g/mol. The van der Waals surface area contributed by atoms with E-state index in [4.69, 9.17) is 9.47 Å². The third-order valence-corrected chi connectivity index (χ3v) is 5.19. The smallest absolute Gasteiger partial charge is 0.243 e. The molecule has 2 aromatic carbocycles. The molecule has 5 nitrogen and oxygen atoms in total. The first-order valence-corrected chi connectivity index (χ1v) is 12.2. The van der Waals surface area contributed by atoms with Crippen molar-refractivity contribution in [1.82, 2.24) is 0 Å². The topological polar surface area (TPSA) is 59.6 Å². The van der Waals surface area contributed by atoms with Gasteiger partial charge in [0.05, 0.1) is 19.8 Å². The van der Waals surface area contributed by atoms with E-state index < -0.39 is 0 Å². The minimum Gasteiger partial charge on any atom is -0.494 e. The molecule has 0 radical (unpaired) electrons. The van der Waals surface area contributed by atoms with Gasteiger partial charge in [-0.05, 0) is 37.1 Å². The molecular formula is C27H40N2O3. The Balaban J connectivity index is 1.71. The maximum absolute atomic E-state index is 12.4. The second-order valence-electron chi connectivity index (χ2n) is 8.13. The SMILES string of the molecule is CCCCCCCOc1cccc(NC(=O)CNc2cccc(OCCCCCC)c2)c1. The van der Waals surface area contributed by atoms with Gasteiger partial charge in [0.2, 0.25) is 5.91 Å². The van der Waals surface area contributed by atoms with Crippen LogP contribution in [0.3, 0.4) is 0 Å². The molecule has 0 unspecified atom stereocenters. The van der Waals surface area contributed by atoms with Crippen LogP contribution < -0.4 is 20.1 Å². The molecule has 0 aliphatic carbocycles. The molecule has 2 aromatic rings. The van der Waals surface area contributed by atoms with Crippen molar-refractivity contribution in [1.29, 1.82) is 0 Å². The highest BCUT2D eigenvalue weighted by Crippen LogP contribution is 2.19. The van der Waals surface area contributed by atoms with E-state index in [1.165, 1.54) is 44.9 Å². The predicted molar refractivity (Wildman–Crippen MR) is 134 cm³/mol. The molecule has 0 saturated carbocycles. The summed E-state index contributed by atoms with van der Waals surface area (Å²) in [5.74, 6) is 1.51. The average Bonchev–Trinajstić information content (AvgIpc) is 2.80. The largest absolute Gasteiger partial charge is 0.494 e. The normalized spacial score (nSPS) is 10.6. The fourth-order valence-electron chi connectivity index (χ4n) is 3.36. The van der Waals surface area contributed by atoms with Crippen LogP contribution in [0.4, 0.5) is 11.4 Å². The summed E-state index contributed by atoms with van der Waals surface area (Å²) in [6, 6.07) is 15.3. The lowest BCUT2D eigenvalue weighted by Gasteiger charge is -2.11. The Morgan fingerprint density at radius 2 is 1.25 bits per heavy atom. The lowest BCUT2D eigenvalue weighted by atomic mass is 10.2. The van der Waals surface area contributed by atoms with Crippen molar-refractivity contribution in [2.75, 3.05) is 30.4 Å². The zero-order valence-electron chi connectivity index (χ0n) is 19.8. The zero-order valence-corrected chi connectivity index (χ0v) is 19.8. The molecule has 0 aliphatic rings. The molecule has 0 aromatic heterocycles. The molecule has 2 rings (SSSR count). The Labute approximate surface area is 193 Å². The summed E-state index contributed by atoms with van der Waals surface area (Å²) in [6.45, 7) is 6.03. The molecule has 32 heavy (non-hydrogen) atoms. The van der Waals surface area contributed by atoms with Crippen LogP contribution in [0.1, 0.15) is 71.6 Å². The number of carbonyl (C=O) groups is 1. The van der Waals surface area contributed by atoms with Crippen LogP contribution in [0.25, 0.3) is 0 Å². The second-order valence-corrected chi connectivity index (χ2v) is 8.13. The van der Waals surface area contributed by atoms with Crippen molar-refractivity contribution in [2.24, 2.45) is 0 Å². The van der Waals surface area contributed by atoms with Crippen LogP contribution in [-0.2, 0) is 4.79 Å². The van der Waals surface area contributed by atoms with Gasteiger partial charge in [-0.1, -0.05) is 70.9 Å². The van der Waals surface area contributed by atoms with Crippen LogP contribution in [-0.4, -0.2) is 25.7 Å². The van der Waals surface area contributed by atoms with Gasteiger partial charge in [-0.25, -0.2) is 0 Å². The number of rotatable bonds is 17. The van der Waals surface area contributed by atoms with E-state index in [1.807, 2.05) is 48.5 Å². The Bertz CT molecular complexity index is 779. The van der Waals surface area contributed by atoms with Gasteiger partial charge in [0.15, 0.2) is 0 Å². The number of ether oxygens (including phenoxy) is 2. The van der Waals surface area contributed by atoms with Gasteiger partial charge in [0, 0.05) is 23.5 Å². The van der Waals surface area contributed by atoms with Gasteiger partial charge in [0.25, 0.3) is 0 Å². The highest BCUT2D eigenvalue weighted by molar-refractivity contribution is 5.93. The van der Waals surface area contributed by atoms with E-state index >= 15 is 0 Å². The molecule has 0 spiro atoms. The molecule has 0 bridgehead atoms. The fraction of sp³-hybridized carbons (Fsp3) is 0.519. The molecule has 0 atom stereocenters. The summed E-state index contributed by atoms with van der Waals surface area (Å²) in [6.07, 6.45) is 10.8. The third-order valence-electron chi connectivity index (χ3n) is 5.19. The molecule has 5 heteroatoms. The van der Waals surface area contributed by atoms with Crippen LogP contribution in [0.15, 0.2) is 48.5 Å². The van der Waals surface area contributed by atoms with E-state index in [-0.39, 0.29) is 12.5 Å². The van der Waals surface area contributed by atoms with E-state index in [9.17, 15) is 4.79 Å². The minimum absolute atomic E-state index is 0.104. The van der Waals surface area contributed by atoms with Crippen molar-refractivity contribution in [3.8, 4) is 11.5 Å². The molecule has 0 aliphatic heterocycles. The quantitative estimate of drug-likeness (QED) is 0.259. The Morgan fingerprint density at radius 3 is 1.88 bits per heavy atom. The number of anilines is 2. The highest BCUT2D eigenvalue weighted by atomic mass is 16.5. The van der Waals surface area contributed by atoms with Crippen LogP contribution in [0.5, 0.6) is 11.5 Å². The van der Waals surface area contributed by atoms with Crippen molar-refractivity contribution < 1.29 is 14.3 Å². The summed E-state index contributed by atoms with van der Waals surface area (Å²) in [4.78, 5) is 12.4. The predicted octanol–water partition coefficient (Wildman–Crippen LogP) is 7.05. The second kappa shape index (κ2) is 16.0. The zero-order chi connectivity index (χ0) is 22.9. The van der Waals surface area contributed by atoms with Crippen LogP contribution in [0.2, 0.25) is 0 Å². The minimum atomic E-state index is -0.104. The third kappa shape index (κ3) is 11.1. The van der Waals surface area contributed by atoms with Crippen LogP contribution >= 0.6 is 0 Å². The first-order chi connectivity index (χ1) is 15.7. The molecule has 176 valence electrons. The molecule has 0 fully saturated rings. The fourth-order valence-corrected chi connectivity index (χ4v) is 3.36. The number of hydrogen-bond donors (Lipinski definition) is 2. The summed E-state index contributed by atoms with van der Waals surface area (Å²) < 4.78 is 11.6. The lowest BCUT2D eigenvalue weighted by molar-refractivity contribution is -0.114. The first kappa shape index (κ1) is 25.6. The van der Waals surface area contributed by atoms with Crippen molar-refractivity contribution >= 4 is 17.3 Å². The number of benzene rings is 2. The highest BCUT2D eigenvalue weighted by Gasteiger charge is 2.05. The van der Waals surface area contributed by atoms with Crippen LogP contribution in [0, 0.1) is 0 Å². The molecule has 0 heterocycles. The Kier molecular flexibility index (Phi) is 12.8. The van der Waals surface area contributed by atoms with Gasteiger partial charge >= 0.3 is 0 Å². The van der Waals surface area contributed by atoms with Gasteiger partial charge in [0.1, 0.15) is 11.5 Å². The van der Waals surface area contributed by atoms with Gasteiger partial charge in [-0.3, -0.25) is 4.79 Å². The van der Waals surface area contributed by atoms with Gasteiger partial charge < -0.3 is 20.1 Å². The maximum Gasteiger partial charge on any atom is 0.243 e. The van der Waals surface area contributed by atoms with Gasteiger partial charge in [-0.2, -0.15) is 0 Å². The maximum atomic E-state index is 12.4. The lowest BCUT2D eigenvalue weighted by Crippen LogP contribution is -2.21. The van der Waals surface area contributed by atoms with Crippen molar-refractivity contribution in [3.63, 3.8) is 0 Å². The van der Waals surface area contributed by atoms with E-state index in [0.717, 1.165) is 42.3 Å². The Morgan fingerprint density at radius 1 is 0.719 bits per heavy atom. The number of amides is 1. The molecule has 2 N–H and O–H groups in total. The number of carbonyl (C=O) groups excluding carboxylic acids is 1. The molecule has 0 saturated heterocycles. The monoisotopic (exact) mass is 440 g/mol. The number of nitrogens with one attached hydrogen (secondary N) is 2. The summed E-state index contributed by atoms with van der Waals surface area (Å²) >= 11 is 0. The van der Waals surface area contributed by atoms with Crippen molar-refractivity contribution in [3.05, 3.63) is 48.5 Å².